The van der Waals surface area contributed by atoms with Gasteiger partial charge >= 0.3 is 0 Å². The second kappa shape index (κ2) is 9.30. The Hall–Kier alpha value is -2.96. The largest absolute Gasteiger partial charge is 0.493 e. The van der Waals surface area contributed by atoms with Crippen LogP contribution in [0, 0.1) is 0 Å². The summed E-state index contributed by atoms with van der Waals surface area (Å²) in [6.45, 7) is 0. The fourth-order valence-electron chi connectivity index (χ4n) is 3.39. The van der Waals surface area contributed by atoms with Gasteiger partial charge in [-0.1, -0.05) is 6.07 Å². The first-order valence-corrected chi connectivity index (χ1v) is 9.33. The second-order valence-electron chi connectivity index (χ2n) is 6.65. The third-order valence-electron chi connectivity index (χ3n) is 4.86. The minimum Gasteiger partial charge on any atom is -0.493 e. The first-order chi connectivity index (χ1) is 13.6. The van der Waals surface area contributed by atoms with Crippen molar-refractivity contribution in [3.05, 3.63) is 42.1 Å². The summed E-state index contributed by atoms with van der Waals surface area (Å²) in [7, 11) is 4.59. The molecule has 1 aliphatic rings. The van der Waals surface area contributed by atoms with Gasteiger partial charge in [-0.15, -0.1) is 0 Å². The van der Waals surface area contributed by atoms with Crippen LogP contribution in [0.25, 0.3) is 0 Å². The Morgan fingerprint density at radius 1 is 1.00 bits per heavy atom. The smallest absolute Gasteiger partial charge is 0.251 e. The van der Waals surface area contributed by atoms with Crippen LogP contribution in [0.1, 0.15) is 36.0 Å². The van der Waals surface area contributed by atoms with Crippen molar-refractivity contribution in [2.75, 3.05) is 21.3 Å². The molecule has 2 aromatic rings. The Morgan fingerprint density at radius 3 is 2.21 bits per heavy atom. The topological polar surface area (TPSA) is 78.9 Å². The number of aromatic nitrogens is 1. The van der Waals surface area contributed by atoms with Gasteiger partial charge in [-0.2, -0.15) is 0 Å². The highest BCUT2D eigenvalue weighted by molar-refractivity contribution is 5.95. The van der Waals surface area contributed by atoms with Crippen molar-refractivity contribution < 1.29 is 23.7 Å². The Morgan fingerprint density at radius 2 is 1.68 bits per heavy atom. The summed E-state index contributed by atoms with van der Waals surface area (Å²) in [5, 5.41) is 3.10. The Kier molecular flexibility index (Phi) is 6.57. The van der Waals surface area contributed by atoms with Crippen molar-refractivity contribution in [1.29, 1.82) is 0 Å². The number of ether oxygens (including phenoxy) is 4. The molecule has 1 aromatic heterocycles. The number of pyridine rings is 1. The molecule has 0 saturated heterocycles. The van der Waals surface area contributed by atoms with Gasteiger partial charge in [0.25, 0.3) is 5.91 Å². The Bertz CT molecular complexity index is 764. The lowest BCUT2D eigenvalue weighted by atomic mass is 9.92. The van der Waals surface area contributed by atoms with Gasteiger partial charge in [-0.05, 0) is 43.9 Å². The lowest BCUT2D eigenvalue weighted by Crippen LogP contribution is -2.39. The molecule has 7 heteroatoms. The van der Waals surface area contributed by atoms with Gasteiger partial charge in [0.05, 0.1) is 21.3 Å². The maximum Gasteiger partial charge on any atom is 0.251 e. The minimum absolute atomic E-state index is 0.107. The molecular weight excluding hydrogens is 360 g/mol. The fourth-order valence-corrected chi connectivity index (χ4v) is 3.39. The predicted octanol–water partition coefficient (Wildman–Crippen LogP) is 3.23. The van der Waals surface area contributed by atoms with E-state index < -0.39 is 0 Å². The van der Waals surface area contributed by atoms with Crippen molar-refractivity contribution in [2.45, 2.75) is 37.8 Å². The van der Waals surface area contributed by atoms with Crippen LogP contribution >= 0.6 is 0 Å². The first kappa shape index (κ1) is 19.8. The zero-order valence-corrected chi connectivity index (χ0v) is 16.4. The molecule has 7 nitrogen and oxygen atoms in total. The van der Waals surface area contributed by atoms with Crippen molar-refractivity contribution in [3.63, 3.8) is 0 Å². The summed E-state index contributed by atoms with van der Waals surface area (Å²) in [6, 6.07) is 9.06. The van der Waals surface area contributed by atoms with E-state index in [1.807, 2.05) is 18.2 Å². The molecule has 3 rings (SSSR count). The number of hydrogen-bond donors (Lipinski definition) is 1. The molecule has 1 amide bonds. The molecule has 1 aliphatic carbocycles. The molecule has 1 heterocycles. The highest BCUT2D eigenvalue weighted by Crippen LogP contribution is 2.38. The van der Waals surface area contributed by atoms with Gasteiger partial charge < -0.3 is 24.3 Å². The number of hydrogen-bond acceptors (Lipinski definition) is 6. The van der Waals surface area contributed by atoms with Crippen LogP contribution in [0.15, 0.2) is 36.5 Å². The molecule has 1 fully saturated rings. The maximum atomic E-state index is 12.7. The summed E-state index contributed by atoms with van der Waals surface area (Å²) in [4.78, 5) is 16.9. The zero-order valence-electron chi connectivity index (χ0n) is 16.4. The number of amides is 1. The Balaban J connectivity index is 1.58. The van der Waals surface area contributed by atoms with Gasteiger partial charge in [0.1, 0.15) is 6.10 Å². The number of nitrogens with zero attached hydrogens (tertiary/aromatic N) is 1. The molecule has 0 radical (unpaired) electrons. The molecule has 0 unspecified atom stereocenters. The third-order valence-corrected chi connectivity index (χ3v) is 4.86. The van der Waals surface area contributed by atoms with Gasteiger partial charge in [0, 0.05) is 23.9 Å². The quantitative estimate of drug-likeness (QED) is 0.787. The summed E-state index contributed by atoms with van der Waals surface area (Å²) in [5.41, 5.74) is 0.473. The highest BCUT2D eigenvalue weighted by atomic mass is 16.5. The molecule has 28 heavy (non-hydrogen) atoms. The fraction of sp³-hybridized carbons (Fsp3) is 0.429. The van der Waals surface area contributed by atoms with Crippen LogP contribution < -0.4 is 24.3 Å². The predicted molar refractivity (Wildman–Crippen MR) is 104 cm³/mol. The third kappa shape index (κ3) is 4.65. The number of carbonyl (C=O) groups excluding carboxylic acids is 1. The summed E-state index contributed by atoms with van der Waals surface area (Å²) >= 11 is 0. The molecule has 0 atom stereocenters. The molecule has 0 spiro atoms. The van der Waals surface area contributed by atoms with Crippen molar-refractivity contribution in [1.82, 2.24) is 10.3 Å². The monoisotopic (exact) mass is 386 g/mol. The molecule has 1 aromatic carbocycles. The van der Waals surface area contributed by atoms with E-state index in [1.165, 1.54) is 21.3 Å². The number of carbonyl (C=O) groups is 1. The van der Waals surface area contributed by atoms with Crippen LogP contribution in [0.4, 0.5) is 0 Å². The molecule has 1 saturated carbocycles. The normalized spacial score (nSPS) is 18.8. The Labute approximate surface area is 165 Å². The van der Waals surface area contributed by atoms with Crippen molar-refractivity contribution in [3.8, 4) is 23.1 Å². The average Bonchev–Trinajstić information content (AvgIpc) is 2.74. The van der Waals surface area contributed by atoms with Gasteiger partial charge in [0.2, 0.25) is 11.6 Å². The maximum absolute atomic E-state index is 12.7. The van der Waals surface area contributed by atoms with E-state index in [9.17, 15) is 4.79 Å². The summed E-state index contributed by atoms with van der Waals surface area (Å²) < 4.78 is 21.9. The van der Waals surface area contributed by atoms with E-state index in [0.717, 1.165) is 25.7 Å². The van der Waals surface area contributed by atoms with Gasteiger partial charge in [-0.3, -0.25) is 4.79 Å². The standard InChI is InChI=1S/C21H26N2O5/c1-25-17-12-14(13-18(26-2)20(17)27-3)21(24)23-15-7-9-16(10-8-15)28-19-6-4-5-11-22-19/h4-6,11-13,15-16H,7-10H2,1-3H3,(H,23,24). The molecular formula is C21H26N2O5. The van der Waals surface area contributed by atoms with E-state index in [2.05, 4.69) is 10.3 Å². The SMILES string of the molecule is COc1cc(C(=O)NC2CCC(Oc3ccccn3)CC2)cc(OC)c1OC. The van der Waals surface area contributed by atoms with E-state index in [1.54, 1.807) is 18.3 Å². The molecule has 1 N–H and O–H groups in total. The summed E-state index contributed by atoms with van der Waals surface area (Å²) in [6.07, 6.45) is 5.30. The van der Waals surface area contributed by atoms with Crippen molar-refractivity contribution in [2.24, 2.45) is 0 Å². The number of methoxy groups -OCH3 is 3. The van der Waals surface area contributed by atoms with Gasteiger partial charge in [0.15, 0.2) is 11.5 Å². The zero-order chi connectivity index (χ0) is 19.9. The van der Waals surface area contributed by atoms with E-state index >= 15 is 0 Å². The number of nitrogens with one attached hydrogen (secondary N) is 1. The molecule has 0 aliphatic heterocycles. The first-order valence-electron chi connectivity index (χ1n) is 9.33. The van der Waals surface area contributed by atoms with Crippen LogP contribution in [0.3, 0.4) is 0 Å². The van der Waals surface area contributed by atoms with Crippen LogP contribution in [0.5, 0.6) is 23.1 Å². The highest BCUT2D eigenvalue weighted by Gasteiger charge is 2.25. The van der Waals surface area contributed by atoms with E-state index in [0.29, 0.717) is 28.7 Å². The lowest BCUT2D eigenvalue weighted by molar-refractivity contribution is 0.0889. The second-order valence-corrected chi connectivity index (χ2v) is 6.65. The minimum atomic E-state index is -0.159. The van der Waals surface area contributed by atoms with Crippen molar-refractivity contribution >= 4 is 5.91 Å². The van der Waals surface area contributed by atoms with Crippen LogP contribution in [0.2, 0.25) is 0 Å². The number of benzene rings is 1. The summed E-state index contributed by atoms with van der Waals surface area (Å²) in [5.74, 6) is 1.87. The average molecular weight is 386 g/mol. The van der Waals surface area contributed by atoms with E-state index in [-0.39, 0.29) is 18.1 Å². The molecule has 0 bridgehead atoms. The van der Waals surface area contributed by atoms with Crippen LogP contribution in [-0.4, -0.2) is 44.4 Å². The number of rotatable bonds is 7. The molecule has 150 valence electrons. The van der Waals surface area contributed by atoms with E-state index in [4.69, 9.17) is 18.9 Å². The lowest BCUT2D eigenvalue weighted by Gasteiger charge is -2.29. The van der Waals surface area contributed by atoms with Crippen LogP contribution in [-0.2, 0) is 0 Å². The van der Waals surface area contributed by atoms with Gasteiger partial charge in [-0.25, -0.2) is 4.98 Å².